The molecule has 0 radical (unpaired) electrons. The summed E-state index contributed by atoms with van der Waals surface area (Å²) >= 11 is 0. The van der Waals surface area contributed by atoms with Gasteiger partial charge in [-0.25, -0.2) is 12.0 Å². The molecule has 9 N–H and O–H groups in total. The zero-order chi connectivity index (χ0) is 20.8. The summed E-state index contributed by atoms with van der Waals surface area (Å²) in [4.78, 5) is 25.9. The van der Waals surface area contributed by atoms with Crippen molar-refractivity contribution in [1.82, 2.24) is 5.43 Å². The van der Waals surface area contributed by atoms with Crippen LogP contribution < -0.4 is 22.7 Å². The summed E-state index contributed by atoms with van der Waals surface area (Å²) in [7, 11) is 0. The Morgan fingerprint density at radius 3 is 1.86 bits per heavy atom. The third-order valence-electron chi connectivity index (χ3n) is 4.31. The molecule has 2 rings (SSSR count). The molecule has 0 bridgehead atoms. The van der Waals surface area contributed by atoms with E-state index in [0.717, 1.165) is 0 Å². The second-order valence-corrected chi connectivity index (χ2v) is 6.28. The Kier molecular flexibility index (Phi) is 6.55. The van der Waals surface area contributed by atoms with Gasteiger partial charge in [-0.2, -0.15) is 0 Å². The lowest BCUT2D eigenvalue weighted by molar-refractivity contribution is -0.120. The number of nitrogens with two attached hydrogens (primary N) is 3. The van der Waals surface area contributed by atoms with Crippen LogP contribution in [0, 0.1) is 6.57 Å². The number of rotatable bonds is 8. The maximum absolute atomic E-state index is 11.4. The van der Waals surface area contributed by atoms with Crippen LogP contribution >= 0.6 is 0 Å². The number of amides is 2. The van der Waals surface area contributed by atoms with Crippen molar-refractivity contribution in [3.8, 4) is 22.6 Å². The molecule has 0 heterocycles. The Labute approximate surface area is 161 Å². The van der Waals surface area contributed by atoms with Gasteiger partial charge >= 0.3 is 11.9 Å². The highest BCUT2D eigenvalue weighted by molar-refractivity contribution is 5.82. The smallest absolute Gasteiger partial charge is 0.304 e. The number of hydrogen-bond acceptors (Lipinski definition) is 6. The minimum absolute atomic E-state index is 0.0768. The minimum atomic E-state index is -1.02. The molecule has 9 nitrogen and oxygen atoms in total. The Morgan fingerprint density at radius 1 is 0.964 bits per heavy atom. The van der Waals surface area contributed by atoms with Gasteiger partial charge in [-0.15, -0.1) is 0 Å². The van der Waals surface area contributed by atoms with Gasteiger partial charge in [-0.1, -0.05) is 12.1 Å². The van der Waals surface area contributed by atoms with E-state index in [2.05, 4.69) is 10.3 Å². The molecule has 0 unspecified atom stereocenters. The molecule has 0 aliphatic rings. The van der Waals surface area contributed by atoms with E-state index in [1.807, 2.05) is 0 Å². The van der Waals surface area contributed by atoms with Crippen LogP contribution in [-0.4, -0.2) is 34.1 Å². The number of phenolic OH excluding ortho intramolecular Hbond substituents is 2. The highest BCUT2D eigenvalue weighted by atomic mass is 16.3. The van der Waals surface area contributed by atoms with Crippen molar-refractivity contribution in [3.63, 3.8) is 0 Å². The predicted molar refractivity (Wildman–Crippen MR) is 103 cm³/mol. The van der Waals surface area contributed by atoms with Crippen molar-refractivity contribution < 1.29 is 19.8 Å². The Morgan fingerprint density at radius 2 is 1.46 bits per heavy atom. The minimum Gasteiger partial charge on any atom is -0.507 e. The molecule has 0 spiro atoms. The lowest BCUT2D eigenvalue weighted by Gasteiger charge is -2.14. The fourth-order valence-electron chi connectivity index (χ4n) is 2.76. The van der Waals surface area contributed by atoms with Crippen LogP contribution in [0.5, 0.6) is 11.5 Å². The highest BCUT2D eigenvalue weighted by Gasteiger charge is 2.22. The molecule has 0 aliphatic heterocycles. The van der Waals surface area contributed by atoms with Gasteiger partial charge in [-0.05, 0) is 41.8 Å². The number of primary amides is 2. The van der Waals surface area contributed by atoms with Crippen molar-refractivity contribution in [2.75, 3.05) is 0 Å². The molecule has 0 saturated carbocycles. The average Bonchev–Trinajstić information content (AvgIpc) is 2.66. The molecular formula is C19H21N5O4. The first-order valence-corrected chi connectivity index (χ1v) is 8.32. The van der Waals surface area contributed by atoms with Crippen LogP contribution in [0.15, 0.2) is 36.4 Å². The SMILES string of the molecule is [C-]#[N+][C@@H](Cc1ccc(O)c(-c2cc(C[C@H](NN)C(N)=O)ccc2O)c1)C(N)=O. The van der Waals surface area contributed by atoms with Gasteiger partial charge in [0, 0.05) is 11.1 Å². The summed E-state index contributed by atoms with van der Waals surface area (Å²) in [6.45, 7) is 7.06. The van der Waals surface area contributed by atoms with E-state index in [1.54, 1.807) is 24.3 Å². The van der Waals surface area contributed by atoms with Gasteiger partial charge < -0.3 is 26.5 Å². The van der Waals surface area contributed by atoms with Crippen LogP contribution in [0.3, 0.4) is 0 Å². The zero-order valence-corrected chi connectivity index (χ0v) is 14.9. The van der Waals surface area contributed by atoms with Gasteiger partial charge in [0.05, 0.1) is 6.42 Å². The van der Waals surface area contributed by atoms with Crippen molar-refractivity contribution in [2.24, 2.45) is 17.3 Å². The Balaban J connectivity index is 2.42. The standard InChI is InChI=1S/C19H21N5O4/c1-23-14(18(20)27)8-10-2-4-16(25)12(6-10)13-7-11(3-5-17(13)26)9-15(24-22)19(21)28/h2-7,14-15,24-26H,8-9,22H2,(H2,20,27)(H2,21,28)/t14-,15-/m0/s1. The summed E-state index contributed by atoms with van der Waals surface area (Å²) < 4.78 is 0. The number of hydrazine groups is 1. The average molecular weight is 383 g/mol. The molecule has 2 aromatic carbocycles. The van der Waals surface area contributed by atoms with Crippen molar-refractivity contribution >= 4 is 11.8 Å². The van der Waals surface area contributed by atoms with Crippen LogP contribution in [0.4, 0.5) is 0 Å². The van der Waals surface area contributed by atoms with E-state index < -0.39 is 23.9 Å². The van der Waals surface area contributed by atoms with E-state index in [-0.39, 0.29) is 24.3 Å². The maximum atomic E-state index is 11.4. The van der Waals surface area contributed by atoms with Crippen molar-refractivity contribution in [1.29, 1.82) is 0 Å². The molecule has 0 fully saturated rings. The molecule has 0 saturated heterocycles. The van der Waals surface area contributed by atoms with Gasteiger partial charge in [0.25, 0.3) is 0 Å². The van der Waals surface area contributed by atoms with Gasteiger partial charge in [0.15, 0.2) is 0 Å². The summed E-state index contributed by atoms with van der Waals surface area (Å²) in [5.41, 5.74) is 14.7. The second kappa shape index (κ2) is 8.85. The number of nitrogens with zero attached hydrogens (tertiary/aromatic N) is 1. The molecule has 28 heavy (non-hydrogen) atoms. The predicted octanol–water partition coefficient (Wildman–Crippen LogP) is -0.0598. The quantitative estimate of drug-likeness (QED) is 0.212. The zero-order valence-electron chi connectivity index (χ0n) is 14.9. The number of carbonyl (C=O) groups excluding carboxylic acids is 2. The molecule has 2 atom stereocenters. The van der Waals surface area contributed by atoms with E-state index in [1.165, 1.54) is 12.1 Å². The van der Waals surface area contributed by atoms with Crippen LogP contribution in [0.1, 0.15) is 11.1 Å². The normalized spacial score (nSPS) is 12.7. The van der Waals surface area contributed by atoms with Crippen LogP contribution in [-0.2, 0) is 22.4 Å². The molecule has 0 aromatic heterocycles. The Hall–Kier alpha value is -3.61. The summed E-state index contributed by atoms with van der Waals surface area (Å²) in [6.07, 6.45) is 0.258. The van der Waals surface area contributed by atoms with E-state index in [0.29, 0.717) is 22.3 Å². The molecule has 0 aliphatic carbocycles. The monoisotopic (exact) mass is 383 g/mol. The molecule has 2 aromatic rings. The largest absolute Gasteiger partial charge is 0.507 e. The van der Waals surface area contributed by atoms with Crippen LogP contribution in [0.25, 0.3) is 16.0 Å². The molecule has 9 heteroatoms. The van der Waals surface area contributed by atoms with Gasteiger partial charge in [0.1, 0.15) is 17.5 Å². The summed E-state index contributed by atoms with van der Waals surface area (Å²) in [6, 6.07) is 7.36. The lowest BCUT2D eigenvalue weighted by Crippen LogP contribution is -2.46. The first-order valence-electron chi connectivity index (χ1n) is 8.32. The van der Waals surface area contributed by atoms with Gasteiger partial charge in [0.2, 0.25) is 5.91 Å². The molecule has 2 amide bonds. The maximum Gasteiger partial charge on any atom is 0.304 e. The fourth-order valence-corrected chi connectivity index (χ4v) is 2.76. The Bertz CT molecular complexity index is 938. The number of phenols is 2. The third-order valence-corrected chi connectivity index (χ3v) is 4.31. The highest BCUT2D eigenvalue weighted by Crippen LogP contribution is 2.37. The first kappa shape index (κ1) is 20.7. The fraction of sp³-hybridized carbons (Fsp3) is 0.211. The number of carbonyl (C=O) groups is 2. The van der Waals surface area contributed by atoms with Crippen molar-refractivity contribution in [2.45, 2.75) is 24.9 Å². The third kappa shape index (κ3) is 4.76. The topological polar surface area (TPSA) is 169 Å². The number of benzene rings is 2. The molecular weight excluding hydrogens is 362 g/mol. The first-order chi connectivity index (χ1) is 13.3. The second-order valence-electron chi connectivity index (χ2n) is 6.28. The van der Waals surface area contributed by atoms with Gasteiger partial charge in [-0.3, -0.25) is 15.4 Å². The number of aromatic hydroxyl groups is 2. The number of nitrogens with one attached hydrogen (secondary N) is 1. The number of hydrogen-bond donors (Lipinski definition) is 6. The molecule has 146 valence electrons. The van der Waals surface area contributed by atoms with E-state index in [9.17, 15) is 19.8 Å². The van der Waals surface area contributed by atoms with E-state index in [4.69, 9.17) is 23.9 Å². The van der Waals surface area contributed by atoms with E-state index >= 15 is 0 Å². The summed E-state index contributed by atoms with van der Waals surface area (Å²) in [5.74, 6) is 3.77. The van der Waals surface area contributed by atoms with Crippen molar-refractivity contribution in [3.05, 3.63) is 58.9 Å². The van der Waals surface area contributed by atoms with Crippen LogP contribution in [0.2, 0.25) is 0 Å². The summed E-state index contributed by atoms with van der Waals surface area (Å²) in [5, 5.41) is 20.5. The lowest BCUT2D eigenvalue weighted by atomic mass is 9.95.